The highest BCUT2D eigenvalue weighted by molar-refractivity contribution is 7.90. The van der Waals surface area contributed by atoms with Crippen molar-refractivity contribution in [3.05, 3.63) is 29.8 Å². The van der Waals surface area contributed by atoms with Gasteiger partial charge in [-0.15, -0.1) is 0 Å². The van der Waals surface area contributed by atoms with Gasteiger partial charge in [0.05, 0.1) is 11.4 Å². The molecule has 7 heteroatoms. The Bertz CT molecular complexity index is 784. The zero-order chi connectivity index (χ0) is 22.2. The van der Waals surface area contributed by atoms with Crippen LogP contribution in [0.3, 0.4) is 0 Å². The molecule has 0 bridgehead atoms. The summed E-state index contributed by atoms with van der Waals surface area (Å²) in [5, 5.41) is 3.03. The number of carbonyl (C=O) groups excluding carboxylic acids is 1. The number of ether oxygens (including phenoxy) is 1. The van der Waals surface area contributed by atoms with Crippen molar-refractivity contribution in [2.75, 3.05) is 6.61 Å². The van der Waals surface area contributed by atoms with Gasteiger partial charge in [-0.1, -0.05) is 32.4 Å². The number of rotatable bonds is 11. The number of nitrogens with one attached hydrogen (secondary N) is 2. The Kier molecular flexibility index (Phi) is 9.16. The summed E-state index contributed by atoms with van der Waals surface area (Å²) in [6, 6.07) is 7.74. The molecule has 0 atom stereocenters. The van der Waals surface area contributed by atoms with Gasteiger partial charge < -0.3 is 10.1 Å². The van der Waals surface area contributed by atoms with Gasteiger partial charge in [-0.2, -0.15) is 0 Å². The summed E-state index contributed by atoms with van der Waals surface area (Å²) < 4.78 is 32.9. The van der Waals surface area contributed by atoms with E-state index in [2.05, 4.69) is 17.0 Å². The van der Waals surface area contributed by atoms with Crippen molar-refractivity contribution in [3.8, 4) is 5.75 Å². The molecule has 1 amide bonds. The van der Waals surface area contributed by atoms with Crippen LogP contribution in [-0.4, -0.2) is 31.7 Å². The van der Waals surface area contributed by atoms with Gasteiger partial charge in [0, 0.05) is 18.5 Å². The van der Waals surface area contributed by atoms with Crippen LogP contribution in [0, 0.1) is 5.92 Å². The smallest absolute Gasteiger partial charge is 0.223 e. The number of carbonyl (C=O) groups is 1. The third-order valence-electron chi connectivity index (χ3n) is 6.13. The van der Waals surface area contributed by atoms with Gasteiger partial charge in [0.1, 0.15) is 5.75 Å². The van der Waals surface area contributed by atoms with E-state index in [0.29, 0.717) is 45.3 Å². The van der Waals surface area contributed by atoms with Gasteiger partial charge in [0.25, 0.3) is 0 Å². The topological polar surface area (TPSA) is 84.5 Å². The molecule has 1 aromatic carbocycles. The normalized spacial score (nSPS) is 20.0. The first kappa shape index (κ1) is 24.7. The Labute approximate surface area is 182 Å². The number of hydrogen-bond acceptors (Lipinski definition) is 4. The second-order valence-electron chi connectivity index (χ2n) is 8.85. The molecule has 1 fully saturated rings. The zero-order valence-electron chi connectivity index (χ0n) is 18.9. The summed E-state index contributed by atoms with van der Waals surface area (Å²) in [6.45, 7) is 8.68. The average Bonchev–Trinajstić information content (AvgIpc) is 2.72. The van der Waals surface area contributed by atoms with Gasteiger partial charge in [-0.25, -0.2) is 13.1 Å². The van der Waals surface area contributed by atoms with Crippen LogP contribution in [0.15, 0.2) is 24.3 Å². The first-order valence-corrected chi connectivity index (χ1v) is 12.7. The predicted molar refractivity (Wildman–Crippen MR) is 121 cm³/mol. The molecule has 0 aromatic heterocycles. The Morgan fingerprint density at radius 3 is 2.50 bits per heavy atom. The molecule has 0 heterocycles. The van der Waals surface area contributed by atoms with Crippen molar-refractivity contribution < 1.29 is 17.9 Å². The van der Waals surface area contributed by atoms with E-state index in [4.69, 9.17) is 4.74 Å². The van der Waals surface area contributed by atoms with E-state index in [-0.39, 0.29) is 17.9 Å². The highest BCUT2D eigenvalue weighted by Crippen LogP contribution is 2.27. The van der Waals surface area contributed by atoms with E-state index in [1.165, 1.54) is 0 Å². The second-order valence-corrected chi connectivity index (χ2v) is 11.2. The van der Waals surface area contributed by atoms with Crippen molar-refractivity contribution in [1.29, 1.82) is 0 Å². The number of hydrogen-bond donors (Lipinski definition) is 2. The van der Waals surface area contributed by atoms with Crippen LogP contribution in [0.4, 0.5) is 0 Å². The van der Waals surface area contributed by atoms with Gasteiger partial charge in [-0.3, -0.25) is 4.79 Å². The second kappa shape index (κ2) is 11.1. The third kappa shape index (κ3) is 6.98. The Balaban J connectivity index is 1.79. The predicted octanol–water partition coefficient (Wildman–Crippen LogP) is 4.15. The molecule has 0 saturated heterocycles. The minimum absolute atomic E-state index is 0.0440. The lowest BCUT2D eigenvalue weighted by molar-refractivity contribution is -0.126. The summed E-state index contributed by atoms with van der Waals surface area (Å²) in [5.41, 5.74) is 1.01. The van der Waals surface area contributed by atoms with Gasteiger partial charge in [0.2, 0.25) is 15.9 Å². The average molecular weight is 439 g/mol. The van der Waals surface area contributed by atoms with Crippen LogP contribution >= 0.6 is 0 Å². The highest BCUT2D eigenvalue weighted by atomic mass is 32.2. The summed E-state index contributed by atoms with van der Waals surface area (Å²) >= 11 is 0. The minimum atomic E-state index is -3.37. The molecule has 30 heavy (non-hydrogen) atoms. The van der Waals surface area contributed by atoms with Crippen molar-refractivity contribution >= 4 is 15.9 Å². The van der Waals surface area contributed by atoms with Gasteiger partial charge >= 0.3 is 0 Å². The fourth-order valence-electron chi connectivity index (χ4n) is 3.46. The molecule has 0 unspecified atom stereocenters. The monoisotopic (exact) mass is 438 g/mol. The van der Waals surface area contributed by atoms with E-state index in [1.807, 2.05) is 31.2 Å². The zero-order valence-corrected chi connectivity index (χ0v) is 19.7. The van der Waals surface area contributed by atoms with E-state index in [1.54, 1.807) is 13.8 Å². The summed E-state index contributed by atoms with van der Waals surface area (Å²) in [4.78, 5) is 12.6. The fourth-order valence-corrected chi connectivity index (χ4v) is 4.83. The van der Waals surface area contributed by atoms with E-state index in [9.17, 15) is 13.2 Å². The van der Waals surface area contributed by atoms with Crippen LogP contribution in [0.5, 0.6) is 5.75 Å². The maximum atomic E-state index is 12.6. The number of amides is 1. The summed E-state index contributed by atoms with van der Waals surface area (Å²) in [7, 11) is -3.37. The van der Waals surface area contributed by atoms with Crippen LogP contribution in [0.1, 0.15) is 78.2 Å². The maximum Gasteiger partial charge on any atom is 0.223 e. The molecule has 0 aliphatic heterocycles. The Hall–Kier alpha value is -1.60. The quantitative estimate of drug-likeness (QED) is 0.508. The molecule has 1 aliphatic rings. The molecule has 170 valence electrons. The lowest BCUT2D eigenvalue weighted by Crippen LogP contribution is -2.47. The Morgan fingerprint density at radius 1 is 1.17 bits per heavy atom. The molecular formula is C23H38N2O4S. The number of benzene rings is 1. The summed E-state index contributed by atoms with van der Waals surface area (Å²) in [5.74, 6) is 0.814. The molecule has 6 nitrogen and oxygen atoms in total. The molecular weight excluding hydrogens is 400 g/mol. The van der Waals surface area contributed by atoms with Crippen molar-refractivity contribution in [3.63, 3.8) is 0 Å². The van der Waals surface area contributed by atoms with E-state index < -0.39 is 14.8 Å². The molecule has 1 saturated carbocycles. The largest absolute Gasteiger partial charge is 0.494 e. The van der Waals surface area contributed by atoms with Crippen LogP contribution in [0.2, 0.25) is 0 Å². The molecule has 2 rings (SSSR count). The van der Waals surface area contributed by atoms with Crippen LogP contribution < -0.4 is 14.8 Å². The van der Waals surface area contributed by atoms with Crippen LogP contribution in [0.25, 0.3) is 0 Å². The standard InChI is InChI=1S/C23H38N2O4S/c1-5-7-15-29-21-10-8-9-18(16-21)17-24-22(26)19-11-13-20(14-12-19)25-30(27,28)23(3,4)6-2/h8-10,16,19-20,25H,5-7,11-15,17H2,1-4H3,(H,24,26). The molecule has 1 aromatic rings. The van der Waals surface area contributed by atoms with Crippen molar-refractivity contribution in [2.24, 2.45) is 5.92 Å². The highest BCUT2D eigenvalue weighted by Gasteiger charge is 2.36. The molecule has 1 aliphatic carbocycles. The first-order chi connectivity index (χ1) is 14.2. The number of sulfonamides is 1. The van der Waals surface area contributed by atoms with Crippen LogP contribution in [-0.2, 0) is 21.4 Å². The lowest BCUT2D eigenvalue weighted by Gasteiger charge is -2.31. The van der Waals surface area contributed by atoms with Gasteiger partial charge in [0.15, 0.2) is 0 Å². The lowest BCUT2D eigenvalue weighted by atomic mass is 9.86. The molecule has 0 radical (unpaired) electrons. The van der Waals surface area contributed by atoms with E-state index in [0.717, 1.165) is 24.2 Å². The SMILES string of the molecule is CCCCOc1cccc(CNC(=O)C2CCC(NS(=O)(=O)C(C)(C)CC)CC2)c1. The van der Waals surface area contributed by atoms with Crippen molar-refractivity contribution in [1.82, 2.24) is 10.0 Å². The Morgan fingerprint density at radius 2 is 1.87 bits per heavy atom. The molecule has 2 N–H and O–H groups in total. The van der Waals surface area contributed by atoms with Gasteiger partial charge in [-0.05, 0) is 70.1 Å². The maximum absolute atomic E-state index is 12.6. The fraction of sp³-hybridized carbons (Fsp3) is 0.696. The third-order valence-corrected chi connectivity index (χ3v) is 8.52. The van der Waals surface area contributed by atoms with E-state index >= 15 is 0 Å². The molecule has 0 spiro atoms. The summed E-state index contributed by atoms with van der Waals surface area (Å²) in [6.07, 6.45) is 5.46. The first-order valence-electron chi connectivity index (χ1n) is 11.2. The van der Waals surface area contributed by atoms with Crippen molar-refractivity contribution in [2.45, 2.75) is 90.0 Å². The number of unbranched alkanes of at least 4 members (excludes halogenated alkanes) is 1. The minimum Gasteiger partial charge on any atom is -0.494 e.